The molecule has 238 valence electrons. The number of aromatic hydroxyl groups is 1. The number of nitrogens with one attached hydrogen (secondary N) is 2. The summed E-state index contributed by atoms with van der Waals surface area (Å²) in [6.45, 7) is 1.52. The third kappa shape index (κ3) is 6.67. The minimum absolute atomic E-state index is 0.0967. The van der Waals surface area contributed by atoms with Crippen LogP contribution in [0.1, 0.15) is 39.6 Å². The standard InChI is InChI=1S/C23H35N8O10PS/c1-10(2)40-19(34)11(3)29-42(37,43-8-12-17(33)27-22(35)30(12)5)39-7-13-15(32)23(4,36)20(41-13)31-9-25-14-16(31)26-21(24)28-18(14)38-6/h9-11,13,15,20,32-33,36H,7-8H2,1-6H3,(H,27,35)(H,29,37)(H2,24,26,28)/t11-,13-,15-,20-,23-,42-/m1/s1. The second kappa shape index (κ2) is 12.4. The van der Waals surface area contributed by atoms with Crippen molar-refractivity contribution in [2.75, 3.05) is 19.5 Å². The molecule has 3 aromatic rings. The van der Waals surface area contributed by atoms with Gasteiger partial charge in [0.05, 0.1) is 31.8 Å². The molecule has 4 heterocycles. The van der Waals surface area contributed by atoms with Gasteiger partial charge in [-0.05, 0) is 39.1 Å². The molecule has 0 spiro atoms. The molecule has 6 atom stereocenters. The van der Waals surface area contributed by atoms with Gasteiger partial charge in [-0.3, -0.25) is 23.5 Å². The predicted octanol–water partition coefficient (Wildman–Crippen LogP) is 0.147. The Morgan fingerprint density at radius 2 is 2.07 bits per heavy atom. The summed E-state index contributed by atoms with van der Waals surface area (Å²) in [7, 11) is 2.79. The van der Waals surface area contributed by atoms with Crippen molar-refractivity contribution in [3.63, 3.8) is 0 Å². The zero-order chi connectivity index (χ0) is 31.9. The largest absolute Gasteiger partial charge is 0.493 e. The Balaban J connectivity index is 1.57. The van der Waals surface area contributed by atoms with Crippen molar-refractivity contribution in [2.24, 2.45) is 7.05 Å². The van der Waals surface area contributed by atoms with E-state index in [1.807, 2.05) is 0 Å². The Morgan fingerprint density at radius 1 is 1.37 bits per heavy atom. The van der Waals surface area contributed by atoms with E-state index in [1.54, 1.807) is 13.8 Å². The molecule has 0 aliphatic carbocycles. The molecule has 18 nitrogen and oxygen atoms in total. The van der Waals surface area contributed by atoms with Crippen molar-refractivity contribution >= 4 is 41.2 Å². The van der Waals surface area contributed by atoms with Gasteiger partial charge in [-0.2, -0.15) is 9.97 Å². The number of aromatic nitrogens is 6. The molecule has 0 radical (unpaired) electrons. The van der Waals surface area contributed by atoms with Crippen molar-refractivity contribution in [3.8, 4) is 11.8 Å². The molecule has 0 unspecified atom stereocenters. The quantitative estimate of drug-likeness (QED) is 0.113. The molecule has 1 fully saturated rings. The fourth-order valence-electron chi connectivity index (χ4n) is 4.36. The maximum Gasteiger partial charge on any atom is 0.328 e. The van der Waals surface area contributed by atoms with Crippen molar-refractivity contribution in [1.82, 2.24) is 34.2 Å². The summed E-state index contributed by atoms with van der Waals surface area (Å²) in [6.07, 6.45) is -3.14. The maximum atomic E-state index is 14.0. The first kappa shape index (κ1) is 32.7. The minimum Gasteiger partial charge on any atom is -0.493 e. The number of nitrogens with two attached hydrogens (primary N) is 1. The Morgan fingerprint density at radius 3 is 2.67 bits per heavy atom. The number of rotatable bonds is 12. The topological polar surface area (TPSA) is 251 Å². The van der Waals surface area contributed by atoms with Crippen LogP contribution in [0.15, 0.2) is 11.1 Å². The monoisotopic (exact) mass is 646 g/mol. The van der Waals surface area contributed by atoms with E-state index in [2.05, 4.69) is 25.0 Å². The number of anilines is 1. The number of carbonyl (C=O) groups excluding carboxylic acids is 1. The summed E-state index contributed by atoms with van der Waals surface area (Å²) in [5, 5.41) is 35.0. The summed E-state index contributed by atoms with van der Waals surface area (Å²) in [4.78, 5) is 38.9. The molecular formula is C23H35N8O10PS. The van der Waals surface area contributed by atoms with Crippen LogP contribution in [0.4, 0.5) is 5.95 Å². The van der Waals surface area contributed by atoms with E-state index in [-0.39, 0.29) is 34.4 Å². The second-order valence-electron chi connectivity index (χ2n) is 10.3. The van der Waals surface area contributed by atoms with Gasteiger partial charge < -0.3 is 39.8 Å². The van der Waals surface area contributed by atoms with E-state index in [4.69, 9.17) is 24.5 Å². The fraction of sp³-hybridized carbons (Fsp3) is 0.609. The number of esters is 1. The molecule has 7 N–H and O–H groups in total. The molecule has 20 heteroatoms. The molecule has 0 aromatic carbocycles. The van der Waals surface area contributed by atoms with Crippen molar-refractivity contribution < 1.29 is 43.4 Å². The normalized spacial score (nSPS) is 24.3. The van der Waals surface area contributed by atoms with E-state index in [0.29, 0.717) is 11.4 Å². The Labute approximate surface area is 249 Å². The first-order valence-corrected chi connectivity index (χ1v) is 16.2. The lowest BCUT2D eigenvalue weighted by molar-refractivity contribution is -0.149. The van der Waals surface area contributed by atoms with Gasteiger partial charge in [0.15, 0.2) is 17.4 Å². The molecule has 1 saturated heterocycles. The molecule has 3 aromatic heterocycles. The highest BCUT2D eigenvalue weighted by molar-refractivity contribution is 8.55. The van der Waals surface area contributed by atoms with Crippen molar-refractivity contribution in [1.29, 1.82) is 0 Å². The molecule has 43 heavy (non-hydrogen) atoms. The lowest BCUT2D eigenvalue weighted by Crippen LogP contribution is -2.44. The number of hydrogen-bond donors (Lipinski definition) is 6. The molecule has 0 saturated carbocycles. The number of aliphatic hydroxyl groups is 2. The lowest BCUT2D eigenvalue weighted by atomic mass is 9.96. The summed E-state index contributed by atoms with van der Waals surface area (Å²) >= 11 is 0.689. The van der Waals surface area contributed by atoms with Gasteiger partial charge in [0.1, 0.15) is 23.9 Å². The van der Waals surface area contributed by atoms with E-state index >= 15 is 0 Å². The highest BCUT2D eigenvalue weighted by Gasteiger charge is 2.54. The van der Waals surface area contributed by atoms with Crippen LogP contribution in [0.25, 0.3) is 11.2 Å². The van der Waals surface area contributed by atoms with Crippen LogP contribution in [0, 0.1) is 0 Å². The maximum absolute atomic E-state index is 14.0. The number of imidazole rings is 2. The van der Waals surface area contributed by atoms with Gasteiger partial charge in [0, 0.05) is 12.8 Å². The van der Waals surface area contributed by atoms with Crippen molar-refractivity contribution in [2.45, 2.75) is 69.6 Å². The number of aromatic amines is 1. The predicted molar refractivity (Wildman–Crippen MR) is 153 cm³/mol. The van der Waals surface area contributed by atoms with Gasteiger partial charge in [-0.1, -0.05) is 0 Å². The van der Waals surface area contributed by atoms with Crippen LogP contribution in [0.2, 0.25) is 0 Å². The summed E-state index contributed by atoms with van der Waals surface area (Å²) in [6, 6.07) is -1.09. The summed E-state index contributed by atoms with van der Waals surface area (Å²) < 4.78 is 38.6. The molecule has 1 aliphatic rings. The molecular weight excluding hydrogens is 611 g/mol. The number of nitrogen functional groups attached to an aromatic ring is 1. The van der Waals surface area contributed by atoms with Crippen LogP contribution >= 0.6 is 18.1 Å². The third-order valence-corrected chi connectivity index (χ3v) is 10.6. The Hall–Kier alpha value is -3.19. The van der Waals surface area contributed by atoms with E-state index in [0.717, 1.165) is 4.57 Å². The van der Waals surface area contributed by atoms with Crippen LogP contribution in [0.3, 0.4) is 0 Å². The highest BCUT2D eigenvalue weighted by Crippen LogP contribution is 2.58. The van der Waals surface area contributed by atoms with Crippen LogP contribution in [0.5, 0.6) is 11.8 Å². The van der Waals surface area contributed by atoms with Gasteiger partial charge >= 0.3 is 18.4 Å². The molecule has 1 aliphatic heterocycles. The Kier molecular flexibility index (Phi) is 9.46. The number of aliphatic hydroxyl groups excluding tert-OH is 1. The van der Waals surface area contributed by atoms with Crippen molar-refractivity contribution in [3.05, 3.63) is 22.5 Å². The van der Waals surface area contributed by atoms with E-state index < -0.39 is 67.1 Å². The average molecular weight is 647 g/mol. The van der Waals surface area contributed by atoms with E-state index in [9.17, 15) is 29.5 Å². The summed E-state index contributed by atoms with van der Waals surface area (Å²) in [5.74, 6) is -1.31. The number of nitrogens with zero attached hydrogens (tertiary/aromatic N) is 5. The average Bonchev–Trinajstić information content (AvgIpc) is 3.52. The van der Waals surface area contributed by atoms with Gasteiger partial charge in [-0.25, -0.2) is 14.9 Å². The second-order valence-corrected chi connectivity index (χ2v) is 14.6. The first-order valence-electron chi connectivity index (χ1n) is 13.0. The number of fused-ring (bicyclic) bond motifs is 1. The first-order chi connectivity index (χ1) is 20.1. The van der Waals surface area contributed by atoms with Gasteiger partial charge in [-0.15, -0.1) is 0 Å². The van der Waals surface area contributed by atoms with E-state index in [1.165, 1.54) is 38.9 Å². The molecule has 0 amide bonds. The summed E-state index contributed by atoms with van der Waals surface area (Å²) in [5.41, 5.74) is 3.83. The SMILES string of the molecule is COc1nc(N)nc2c1ncn2[C@@H]1O[C@H](CO[P@](=O)(N[C@H](C)C(=O)OC(C)C)SCc2c(O)[nH]c(=O)n2C)[C@@H](O)[C@@]1(C)O. The van der Waals surface area contributed by atoms with Gasteiger partial charge in [0.2, 0.25) is 17.7 Å². The Bertz CT molecular complexity index is 1590. The smallest absolute Gasteiger partial charge is 0.328 e. The number of methoxy groups -OCH3 is 1. The number of H-pyrrole nitrogens is 1. The molecule has 4 rings (SSSR count). The molecule has 0 bridgehead atoms. The minimum atomic E-state index is -4.05. The van der Waals surface area contributed by atoms with Crippen LogP contribution in [-0.2, 0) is 36.2 Å². The lowest BCUT2D eigenvalue weighted by Gasteiger charge is -2.27. The fourth-order valence-corrected chi connectivity index (χ4v) is 8.11. The van der Waals surface area contributed by atoms with Crippen LogP contribution < -0.4 is 21.2 Å². The highest BCUT2D eigenvalue weighted by atomic mass is 32.7. The number of carbonyl (C=O) groups is 1. The van der Waals surface area contributed by atoms with Gasteiger partial charge in [0.25, 0.3) is 0 Å². The third-order valence-electron chi connectivity index (χ3n) is 6.65. The number of hydrogen-bond acceptors (Lipinski definition) is 15. The number of ether oxygens (including phenoxy) is 3. The zero-order valence-electron chi connectivity index (χ0n) is 24.2. The van der Waals surface area contributed by atoms with Crippen LogP contribution in [-0.4, -0.2) is 94.0 Å². The zero-order valence-corrected chi connectivity index (χ0v) is 26.0.